The summed E-state index contributed by atoms with van der Waals surface area (Å²) in [6.07, 6.45) is 7.49. The van der Waals surface area contributed by atoms with Crippen molar-refractivity contribution in [2.24, 2.45) is 0 Å². The lowest BCUT2D eigenvalue weighted by atomic mass is 10.0. The zero-order chi connectivity index (χ0) is 21.4. The van der Waals surface area contributed by atoms with E-state index in [-0.39, 0.29) is 17.8 Å². The molecule has 1 saturated carbocycles. The molecule has 2 rings (SSSR count). The fraction of sp³-hybridized carbons (Fsp3) is 0.632. The molecule has 0 heterocycles. The summed E-state index contributed by atoms with van der Waals surface area (Å²) in [5.74, 6) is 0.386. The molecule has 0 aromatic heterocycles. The molecule has 162 valence electrons. The Kier molecular flexibility index (Phi) is 8.76. The van der Waals surface area contributed by atoms with Crippen LogP contribution < -0.4 is 9.62 Å². The number of anilines is 1. The number of hydrogen-bond donors (Lipinski definition) is 1. The van der Waals surface area contributed by atoms with E-state index in [2.05, 4.69) is 5.32 Å². The maximum atomic E-state index is 12.7. The maximum absolute atomic E-state index is 12.7. The van der Waals surface area contributed by atoms with Crippen molar-refractivity contribution in [3.8, 4) is 0 Å². The molecule has 0 unspecified atom stereocenters. The van der Waals surface area contributed by atoms with Crippen LogP contribution >= 0.6 is 11.8 Å². The summed E-state index contributed by atoms with van der Waals surface area (Å²) in [4.78, 5) is 23.2. The Morgan fingerprint density at radius 2 is 2.03 bits per heavy atom. The second-order valence-electron chi connectivity index (χ2n) is 7.18. The van der Waals surface area contributed by atoms with Crippen LogP contribution in [-0.4, -0.2) is 49.1 Å². The van der Waals surface area contributed by atoms with Crippen molar-refractivity contribution < 1.29 is 18.1 Å². The predicted molar refractivity (Wildman–Crippen MR) is 117 cm³/mol. The minimum Gasteiger partial charge on any atom is -0.353 e. The molecule has 1 fully saturated rings. The molecule has 8 nitrogen and oxygen atoms in total. The highest BCUT2D eigenvalue weighted by Crippen LogP contribution is 2.28. The fourth-order valence-electron chi connectivity index (χ4n) is 3.55. The number of nitrogens with zero attached hydrogens (tertiary/aromatic N) is 2. The normalized spacial score (nSPS) is 16.2. The lowest BCUT2D eigenvalue weighted by molar-refractivity contribution is -0.384. The number of non-ortho nitro benzene ring substituents is 1. The number of carbonyl (C=O) groups is 1. The Morgan fingerprint density at radius 3 is 2.62 bits per heavy atom. The maximum Gasteiger partial charge on any atom is 0.271 e. The molecular formula is C19H29N3O5S2. The second-order valence-corrected chi connectivity index (χ2v) is 10.4. The molecule has 0 aliphatic heterocycles. The van der Waals surface area contributed by atoms with Gasteiger partial charge in [0.15, 0.2) is 0 Å². The summed E-state index contributed by atoms with van der Waals surface area (Å²) < 4.78 is 25.8. The highest BCUT2D eigenvalue weighted by Gasteiger charge is 2.32. The SMILES string of the molecule is CC[C@@H](C(=O)NCCSC1CCCCC1)N(c1cccc([N+](=O)[O-])c1)S(C)(=O)=O. The van der Waals surface area contributed by atoms with Crippen LogP contribution in [0.2, 0.25) is 0 Å². The number of hydrogen-bond acceptors (Lipinski definition) is 6. The van der Waals surface area contributed by atoms with Crippen LogP contribution in [-0.2, 0) is 14.8 Å². The van der Waals surface area contributed by atoms with Crippen LogP contribution in [0.4, 0.5) is 11.4 Å². The average Bonchev–Trinajstić information content (AvgIpc) is 2.69. The van der Waals surface area contributed by atoms with Gasteiger partial charge in [-0.2, -0.15) is 11.8 Å². The number of carbonyl (C=O) groups excluding carboxylic acids is 1. The Bertz CT molecular complexity index is 810. The molecule has 1 aromatic rings. The van der Waals surface area contributed by atoms with Crippen LogP contribution in [0.5, 0.6) is 0 Å². The van der Waals surface area contributed by atoms with Crippen LogP contribution in [0.15, 0.2) is 24.3 Å². The average molecular weight is 444 g/mol. The Labute approximate surface area is 176 Å². The zero-order valence-electron chi connectivity index (χ0n) is 16.9. The van der Waals surface area contributed by atoms with Gasteiger partial charge in [0.1, 0.15) is 6.04 Å². The summed E-state index contributed by atoms with van der Waals surface area (Å²) in [5, 5.41) is 14.5. The monoisotopic (exact) mass is 443 g/mol. The third kappa shape index (κ3) is 6.88. The first-order chi connectivity index (χ1) is 13.7. The summed E-state index contributed by atoms with van der Waals surface area (Å²) >= 11 is 1.85. The minimum atomic E-state index is -3.82. The van der Waals surface area contributed by atoms with E-state index in [0.717, 1.165) is 16.3 Å². The molecule has 1 amide bonds. The first kappa shape index (κ1) is 23.5. The Morgan fingerprint density at radius 1 is 1.34 bits per heavy atom. The molecule has 0 saturated heterocycles. The number of sulfonamides is 1. The highest BCUT2D eigenvalue weighted by molar-refractivity contribution is 7.99. The third-order valence-electron chi connectivity index (χ3n) is 4.93. The van der Waals surface area contributed by atoms with Crippen molar-refractivity contribution in [2.45, 2.75) is 56.7 Å². The van der Waals surface area contributed by atoms with E-state index < -0.39 is 26.9 Å². The topological polar surface area (TPSA) is 110 Å². The number of rotatable bonds is 10. The molecule has 29 heavy (non-hydrogen) atoms. The number of amides is 1. The number of thioether (sulfide) groups is 1. The Balaban J connectivity index is 2.06. The van der Waals surface area contributed by atoms with Crippen molar-refractivity contribution in [3.63, 3.8) is 0 Å². The largest absolute Gasteiger partial charge is 0.353 e. The molecule has 1 aliphatic rings. The number of benzene rings is 1. The lowest BCUT2D eigenvalue weighted by Crippen LogP contribution is -2.49. The molecule has 0 radical (unpaired) electrons. The van der Waals surface area contributed by atoms with E-state index in [4.69, 9.17) is 0 Å². The van der Waals surface area contributed by atoms with Crippen LogP contribution in [0.25, 0.3) is 0 Å². The van der Waals surface area contributed by atoms with Gasteiger partial charge in [0.25, 0.3) is 5.69 Å². The third-order valence-corrected chi connectivity index (χ3v) is 7.49. The first-order valence-corrected chi connectivity index (χ1v) is 12.8. The Hall–Kier alpha value is -1.81. The van der Waals surface area contributed by atoms with Gasteiger partial charge in [-0.1, -0.05) is 32.3 Å². The van der Waals surface area contributed by atoms with Gasteiger partial charge >= 0.3 is 0 Å². The molecule has 1 aromatic carbocycles. The quantitative estimate of drug-likeness (QED) is 0.337. The van der Waals surface area contributed by atoms with E-state index in [9.17, 15) is 23.3 Å². The summed E-state index contributed by atoms with van der Waals surface area (Å²) in [6.45, 7) is 2.18. The van der Waals surface area contributed by atoms with E-state index in [1.54, 1.807) is 6.92 Å². The molecule has 1 atom stereocenters. The molecular weight excluding hydrogens is 414 g/mol. The van der Waals surface area contributed by atoms with E-state index in [1.807, 2.05) is 11.8 Å². The number of nitro benzene ring substituents is 1. The molecule has 0 spiro atoms. The van der Waals surface area contributed by atoms with Gasteiger partial charge < -0.3 is 5.32 Å². The lowest BCUT2D eigenvalue weighted by Gasteiger charge is -2.30. The van der Waals surface area contributed by atoms with Gasteiger partial charge in [0.2, 0.25) is 15.9 Å². The number of nitrogens with one attached hydrogen (secondary N) is 1. The van der Waals surface area contributed by atoms with Crippen LogP contribution in [0.1, 0.15) is 45.4 Å². The summed E-state index contributed by atoms with van der Waals surface area (Å²) in [7, 11) is -3.82. The molecule has 0 bridgehead atoms. The van der Waals surface area contributed by atoms with Gasteiger partial charge in [0.05, 0.1) is 16.9 Å². The molecule has 1 aliphatic carbocycles. The minimum absolute atomic E-state index is 0.111. The van der Waals surface area contributed by atoms with Gasteiger partial charge in [-0.05, 0) is 25.3 Å². The van der Waals surface area contributed by atoms with Gasteiger partial charge in [0, 0.05) is 29.7 Å². The highest BCUT2D eigenvalue weighted by atomic mass is 32.2. The van der Waals surface area contributed by atoms with Crippen LogP contribution in [0, 0.1) is 10.1 Å². The molecule has 10 heteroatoms. The van der Waals surface area contributed by atoms with Crippen molar-refractivity contribution in [3.05, 3.63) is 34.4 Å². The number of nitro groups is 1. The van der Waals surface area contributed by atoms with E-state index >= 15 is 0 Å². The predicted octanol–water partition coefficient (Wildman–Crippen LogP) is 3.32. The van der Waals surface area contributed by atoms with Crippen molar-refractivity contribution in [1.82, 2.24) is 5.32 Å². The van der Waals surface area contributed by atoms with E-state index in [0.29, 0.717) is 11.8 Å². The van der Waals surface area contributed by atoms with E-state index in [1.165, 1.54) is 56.4 Å². The van der Waals surface area contributed by atoms with Crippen molar-refractivity contribution in [1.29, 1.82) is 0 Å². The first-order valence-electron chi connectivity index (χ1n) is 9.87. The summed E-state index contributed by atoms with van der Waals surface area (Å²) in [6, 6.07) is 4.37. The van der Waals surface area contributed by atoms with Gasteiger partial charge in [-0.3, -0.25) is 19.2 Å². The summed E-state index contributed by atoms with van der Waals surface area (Å²) in [5.41, 5.74) is -0.115. The fourth-order valence-corrected chi connectivity index (χ4v) is 5.98. The molecule has 1 N–H and O–H groups in total. The van der Waals surface area contributed by atoms with Gasteiger partial charge in [-0.25, -0.2) is 8.42 Å². The smallest absolute Gasteiger partial charge is 0.271 e. The van der Waals surface area contributed by atoms with Gasteiger partial charge in [-0.15, -0.1) is 0 Å². The van der Waals surface area contributed by atoms with Crippen molar-refractivity contribution >= 4 is 39.1 Å². The standard InChI is InChI=1S/C19H29N3O5S2/c1-3-18(19(23)20-12-13-28-17-10-5-4-6-11-17)21(29(2,26)27)15-8-7-9-16(14-15)22(24)25/h7-9,14,17-18H,3-6,10-13H2,1-2H3,(H,20,23)/t18-/m0/s1. The zero-order valence-corrected chi connectivity index (χ0v) is 18.5. The second kappa shape index (κ2) is 10.8. The van der Waals surface area contributed by atoms with Crippen molar-refractivity contribution in [2.75, 3.05) is 22.9 Å². The van der Waals surface area contributed by atoms with Crippen LogP contribution in [0.3, 0.4) is 0 Å².